The van der Waals surface area contributed by atoms with E-state index < -0.39 is 0 Å². The third-order valence-electron chi connectivity index (χ3n) is 2.90. The van der Waals surface area contributed by atoms with Crippen molar-refractivity contribution in [2.45, 2.75) is 33.1 Å². The number of rotatable bonds is 3. The van der Waals surface area contributed by atoms with Crippen molar-refractivity contribution in [2.75, 3.05) is 7.05 Å². The Morgan fingerprint density at radius 3 is 2.67 bits per heavy atom. The van der Waals surface area contributed by atoms with Crippen molar-refractivity contribution in [1.29, 1.82) is 0 Å². The van der Waals surface area contributed by atoms with Crippen LogP contribution >= 0.6 is 0 Å². The van der Waals surface area contributed by atoms with E-state index in [1.165, 1.54) is 11.1 Å². The Hall–Kier alpha value is -1.31. The van der Waals surface area contributed by atoms with Gasteiger partial charge in [0.15, 0.2) is 0 Å². The smallest absolute Gasteiger partial charge is 0.251 e. The van der Waals surface area contributed by atoms with E-state index in [1.807, 2.05) is 12.1 Å². The normalized spacial score (nSPS) is 12.3. The molecule has 82 valence electrons. The Labute approximate surface area is 91.7 Å². The monoisotopic (exact) mass is 205 g/mol. The molecule has 0 aromatic heterocycles. The predicted molar refractivity (Wildman–Crippen MR) is 63.3 cm³/mol. The number of carbonyl (C=O) groups is 1. The summed E-state index contributed by atoms with van der Waals surface area (Å²) in [5.74, 6) is 0.438. The van der Waals surface area contributed by atoms with Crippen molar-refractivity contribution in [3.05, 3.63) is 34.9 Å². The third kappa shape index (κ3) is 2.38. The van der Waals surface area contributed by atoms with Gasteiger partial charge in [0.05, 0.1) is 0 Å². The number of benzene rings is 1. The second-order valence-corrected chi connectivity index (χ2v) is 3.92. The van der Waals surface area contributed by atoms with Crippen LogP contribution in [0.5, 0.6) is 0 Å². The molecule has 0 fully saturated rings. The summed E-state index contributed by atoms with van der Waals surface area (Å²) in [7, 11) is 1.67. The Kier molecular flexibility index (Phi) is 3.89. The average molecular weight is 205 g/mol. The van der Waals surface area contributed by atoms with Crippen LogP contribution in [0.25, 0.3) is 0 Å². The highest BCUT2D eigenvalue weighted by atomic mass is 16.1. The molecule has 1 atom stereocenters. The minimum absolute atomic E-state index is 0.00833. The standard InChI is InChI=1S/C13H19NO/c1-5-9(2)12-10(3)7-6-8-11(12)13(15)14-4/h6-9H,5H2,1-4H3,(H,14,15). The van der Waals surface area contributed by atoms with Gasteiger partial charge in [-0.3, -0.25) is 4.79 Å². The molecule has 0 saturated carbocycles. The van der Waals surface area contributed by atoms with Crippen molar-refractivity contribution in [3.63, 3.8) is 0 Å². The van der Waals surface area contributed by atoms with Crippen LogP contribution in [0.15, 0.2) is 18.2 Å². The number of carbonyl (C=O) groups excluding carboxylic acids is 1. The van der Waals surface area contributed by atoms with Gasteiger partial charge in [-0.1, -0.05) is 26.0 Å². The zero-order valence-electron chi connectivity index (χ0n) is 9.92. The maximum absolute atomic E-state index is 11.7. The fraction of sp³-hybridized carbons (Fsp3) is 0.462. The number of hydrogen-bond donors (Lipinski definition) is 1. The van der Waals surface area contributed by atoms with Gasteiger partial charge in [-0.15, -0.1) is 0 Å². The molecular weight excluding hydrogens is 186 g/mol. The van der Waals surface area contributed by atoms with Gasteiger partial charge in [0.2, 0.25) is 0 Å². The molecule has 0 spiro atoms. The van der Waals surface area contributed by atoms with E-state index in [9.17, 15) is 4.79 Å². The minimum Gasteiger partial charge on any atom is -0.355 e. The van der Waals surface area contributed by atoms with E-state index in [2.05, 4.69) is 32.2 Å². The molecule has 0 aliphatic rings. The van der Waals surface area contributed by atoms with Gasteiger partial charge >= 0.3 is 0 Å². The van der Waals surface area contributed by atoms with E-state index >= 15 is 0 Å². The van der Waals surface area contributed by atoms with E-state index in [0.717, 1.165) is 12.0 Å². The molecule has 1 rings (SSSR count). The highest BCUT2D eigenvalue weighted by molar-refractivity contribution is 5.96. The maximum atomic E-state index is 11.7. The molecule has 1 aromatic rings. The topological polar surface area (TPSA) is 29.1 Å². The van der Waals surface area contributed by atoms with Crippen LogP contribution in [0.4, 0.5) is 0 Å². The van der Waals surface area contributed by atoms with Crippen LogP contribution < -0.4 is 5.32 Å². The highest BCUT2D eigenvalue weighted by Gasteiger charge is 2.15. The summed E-state index contributed by atoms with van der Waals surface area (Å²) >= 11 is 0. The molecule has 15 heavy (non-hydrogen) atoms. The van der Waals surface area contributed by atoms with Crippen LogP contribution in [0, 0.1) is 6.92 Å². The largest absolute Gasteiger partial charge is 0.355 e. The molecule has 2 heteroatoms. The molecule has 0 saturated heterocycles. The lowest BCUT2D eigenvalue weighted by Gasteiger charge is -2.16. The fourth-order valence-corrected chi connectivity index (χ4v) is 1.87. The Morgan fingerprint density at radius 1 is 1.47 bits per heavy atom. The van der Waals surface area contributed by atoms with Gasteiger partial charge in [-0.05, 0) is 36.5 Å². The lowest BCUT2D eigenvalue weighted by atomic mass is 9.89. The third-order valence-corrected chi connectivity index (χ3v) is 2.90. The molecule has 1 unspecified atom stereocenters. The Balaban J connectivity index is 3.26. The highest BCUT2D eigenvalue weighted by Crippen LogP contribution is 2.26. The molecule has 1 aromatic carbocycles. The van der Waals surface area contributed by atoms with Crippen molar-refractivity contribution in [2.24, 2.45) is 0 Å². The van der Waals surface area contributed by atoms with Crippen molar-refractivity contribution in [1.82, 2.24) is 5.32 Å². The van der Waals surface area contributed by atoms with E-state index in [4.69, 9.17) is 0 Å². The summed E-state index contributed by atoms with van der Waals surface area (Å²) in [4.78, 5) is 11.7. The van der Waals surface area contributed by atoms with Crippen LogP contribution in [0.2, 0.25) is 0 Å². The zero-order valence-corrected chi connectivity index (χ0v) is 9.92. The Morgan fingerprint density at radius 2 is 2.13 bits per heavy atom. The van der Waals surface area contributed by atoms with Gasteiger partial charge in [0, 0.05) is 12.6 Å². The summed E-state index contributed by atoms with van der Waals surface area (Å²) in [5.41, 5.74) is 3.19. The van der Waals surface area contributed by atoms with Crippen molar-refractivity contribution < 1.29 is 4.79 Å². The van der Waals surface area contributed by atoms with Crippen LogP contribution in [0.1, 0.15) is 47.7 Å². The summed E-state index contributed by atoms with van der Waals surface area (Å²) < 4.78 is 0. The molecule has 0 aliphatic carbocycles. The second kappa shape index (κ2) is 4.96. The quantitative estimate of drug-likeness (QED) is 0.807. The first-order valence-corrected chi connectivity index (χ1v) is 5.43. The second-order valence-electron chi connectivity index (χ2n) is 3.92. The summed E-state index contributed by atoms with van der Waals surface area (Å²) in [5, 5.41) is 2.69. The van der Waals surface area contributed by atoms with Crippen LogP contribution in [-0.4, -0.2) is 13.0 Å². The minimum atomic E-state index is 0.00833. The number of nitrogens with one attached hydrogen (secondary N) is 1. The van der Waals surface area contributed by atoms with Gasteiger partial charge in [-0.2, -0.15) is 0 Å². The zero-order chi connectivity index (χ0) is 11.4. The average Bonchev–Trinajstić information content (AvgIpc) is 2.26. The molecule has 2 nitrogen and oxygen atoms in total. The Bertz CT molecular complexity index is 358. The van der Waals surface area contributed by atoms with Crippen LogP contribution in [-0.2, 0) is 0 Å². The maximum Gasteiger partial charge on any atom is 0.251 e. The SMILES string of the molecule is CCC(C)c1c(C)cccc1C(=O)NC. The first kappa shape index (κ1) is 11.8. The summed E-state index contributed by atoms with van der Waals surface area (Å²) in [6, 6.07) is 5.90. The van der Waals surface area contributed by atoms with Crippen molar-refractivity contribution in [3.8, 4) is 0 Å². The molecule has 0 bridgehead atoms. The number of amides is 1. The van der Waals surface area contributed by atoms with Gasteiger partial charge in [-0.25, -0.2) is 0 Å². The molecule has 1 amide bonds. The van der Waals surface area contributed by atoms with Crippen molar-refractivity contribution >= 4 is 5.91 Å². The van der Waals surface area contributed by atoms with E-state index in [-0.39, 0.29) is 5.91 Å². The predicted octanol–water partition coefficient (Wildman–Crippen LogP) is 2.87. The summed E-state index contributed by atoms with van der Waals surface area (Å²) in [6.07, 6.45) is 1.05. The molecule has 0 heterocycles. The molecule has 0 radical (unpaired) electrons. The van der Waals surface area contributed by atoms with E-state index in [1.54, 1.807) is 7.05 Å². The van der Waals surface area contributed by atoms with E-state index in [0.29, 0.717) is 5.92 Å². The first-order chi connectivity index (χ1) is 7.11. The molecule has 0 aliphatic heterocycles. The molecular formula is C13H19NO. The van der Waals surface area contributed by atoms with Gasteiger partial charge in [0.25, 0.3) is 5.91 Å². The fourth-order valence-electron chi connectivity index (χ4n) is 1.87. The molecule has 1 N–H and O–H groups in total. The van der Waals surface area contributed by atoms with Gasteiger partial charge < -0.3 is 5.32 Å². The lowest BCUT2D eigenvalue weighted by Crippen LogP contribution is -2.20. The first-order valence-electron chi connectivity index (χ1n) is 5.43. The summed E-state index contributed by atoms with van der Waals surface area (Å²) in [6.45, 7) is 6.37. The van der Waals surface area contributed by atoms with Crippen LogP contribution in [0.3, 0.4) is 0 Å². The lowest BCUT2D eigenvalue weighted by molar-refractivity contribution is 0.0961. The number of hydrogen-bond acceptors (Lipinski definition) is 1. The van der Waals surface area contributed by atoms with Gasteiger partial charge in [0.1, 0.15) is 0 Å². The number of aryl methyl sites for hydroxylation is 1.